The minimum atomic E-state index is -3.43. The van der Waals surface area contributed by atoms with E-state index in [2.05, 4.69) is 10.6 Å². The van der Waals surface area contributed by atoms with Crippen LogP contribution in [-0.4, -0.2) is 402 Å². The SMILES string of the molecule is CC(=O)N[C@H]1[C@H](O[C@@H]2[C@H](O[C@]3(C(=O)O)C[C@H](O)[C@@H](NC(C)=O)[C@H]([C@H](O)[C@H](O)CO)O3)[C@@H](O)[C@H](O[C@H]3[C@H](O)[C@@H](O)[C@H](O)O[C@@H]3CO)O[C@@H]2CO)O[C@H](CO)[C@H](O)[C@@H]1O[C@@H]1O[C@H](CO)[C@H](O)[C@H](O[C@H]2O[C@H](CO)[C@H](O)[C@H](O[C@H]3O[C@H](CO)[C@H](O)[C@H](O)[C@H]3O)[C@H]2O)[C@H]1O. The Bertz CT molecular complexity index is 2290. The monoisotopic (exact) mass is 1320 g/mol. The van der Waals surface area contributed by atoms with Crippen LogP contribution in [0.25, 0.3) is 0 Å². The standard InChI is InChI=1S/C49H82N2O39/c1-11(59)50-21-13(61)3-49(48(76)77,89-38(21)23(63)14(62)4-52)90-41-34(74)47(84-35-19(9-57)78-42(75)30(70)29(35)69)83-20(10-58)36(41)85-43-22(51-12(2)60)37(25(65)16(6-54)79-43)86-45-32(72)40(27(67)17(7-55)81-45)88-46-33(73)39(26(66)18(8-56)82-46)87-44-31(71)28(68)24(64)15(5-53)80-44/h13-47,52-58,61-75H,3-10H2,1-2H3,(H,50,59)(H,51,60)(H,76,77)/t13-,14+,15+,16+,17+,18+,19+,20+,21+,22+,23+,24-,25-,26-,27-,28-,29+,30+,31+,32+,33+,34+,35+,36-,37+,38+,39-,40-,41+,42+,43-,44+,45-,46+,47-,49-/m0/s1. The molecular weight excluding hydrogens is 1240 g/mol. The van der Waals surface area contributed by atoms with Gasteiger partial charge in [-0.2, -0.15) is 0 Å². The minimum absolute atomic E-state index is 0.888. The lowest BCUT2D eigenvalue weighted by atomic mass is 9.88. The fraction of sp³-hybridized carbons (Fsp3) is 0.939. The summed E-state index contributed by atoms with van der Waals surface area (Å²) in [7, 11) is 0. The molecule has 41 heteroatoms. The van der Waals surface area contributed by atoms with E-state index in [-0.39, 0.29) is 0 Å². The van der Waals surface area contributed by atoms with Gasteiger partial charge in [0.05, 0.1) is 58.4 Å². The highest BCUT2D eigenvalue weighted by Gasteiger charge is 2.63. The zero-order chi connectivity index (χ0) is 66.7. The van der Waals surface area contributed by atoms with Crippen molar-refractivity contribution in [2.45, 2.75) is 241 Å². The number of amides is 2. The number of aliphatic hydroxyl groups excluding tert-OH is 22. The number of ether oxygens (including phenoxy) is 13. The van der Waals surface area contributed by atoms with Crippen LogP contribution < -0.4 is 10.6 Å². The van der Waals surface area contributed by atoms with E-state index in [9.17, 15) is 132 Å². The second-order valence-corrected chi connectivity index (χ2v) is 22.5. The Labute approximate surface area is 508 Å². The van der Waals surface area contributed by atoms with Gasteiger partial charge in [-0.1, -0.05) is 0 Å². The van der Waals surface area contributed by atoms with Crippen molar-refractivity contribution in [1.29, 1.82) is 0 Å². The number of aliphatic carboxylic acids is 1. The van der Waals surface area contributed by atoms with E-state index < -0.39 is 291 Å². The lowest BCUT2D eigenvalue weighted by Crippen LogP contribution is -2.72. The second-order valence-electron chi connectivity index (χ2n) is 22.5. The van der Waals surface area contributed by atoms with Gasteiger partial charge in [-0.25, -0.2) is 4.79 Å². The predicted molar refractivity (Wildman–Crippen MR) is 272 cm³/mol. The average molecular weight is 1320 g/mol. The van der Waals surface area contributed by atoms with Crippen molar-refractivity contribution in [3.8, 4) is 0 Å². The Morgan fingerprint density at radius 3 is 1.29 bits per heavy atom. The fourth-order valence-electron chi connectivity index (χ4n) is 11.5. The van der Waals surface area contributed by atoms with Gasteiger partial charge in [-0.15, -0.1) is 0 Å². The first-order valence-corrected chi connectivity index (χ1v) is 28.3. The summed E-state index contributed by atoms with van der Waals surface area (Å²) in [5.41, 5.74) is 0. The van der Waals surface area contributed by atoms with Gasteiger partial charge < -0.3 is 190 Å². The summed E-state index contributed by atoms with van der Waals surface area (Å²) in [6.45, 7) is -6.15. The molecule has 0 aromatic rings. The van der Waals surface area contributed by atoms with Crippen LogP contribution in [0.3, 0.4) is 0 Å². The van der Waals surface area contributed by atoms with Crippen molar-refractivity contribution in [3.05, 3.63) is 0 Å². The van der Waals surface area contributed by atoms with E-state index in [0.29, 0.717) is 0 Å². The molecule has 36 atom stereocenters. The van der Waals surface area contributed by atoms with Crippen LogP contribution in [0.5, 0.6) is 0 Å². The van der Waals surface area contributed by atoms with Crippen LogP contribution in [0.4, 0.5) is 0 Å². The third-order valence-electron chi connectivity index (χ3n) is 16.3. The molecular formula is C49H82N2O39. The molecule has 0 aromatic heterocycles. The largest absolute Gasteiger partial charge is 0.477 e. The molecule has 2 amide bonds. The Balaban J connectivity index is 1.23. The first kappa shape index (κ1) is 74.4. The molecule has 0 radical (unpaired) electrons. The van der Waals surface area contributed by atoms with Crippen LogP contribution >= 0.6 is 0 Å². The summed E-state index contributed by atoms with van der Waals surface area (Å²) in [4.78, 5) is 39.1. The maximum Gasteiger partial charge on any atom is 0.364 e. The first-order valence-electron chi connectivity index (χ1n) is 28.3. The van der Waals surface area contributed by atoms with E-state index >= 15 is 0 Å². The molecule has 0 bridgehead atoms. The number of nitrogens with one attached hydrogen (secondary N) is 2. The van der Waals surface area contributed by atoms with E-state index in [1.54, 1.807) is 0 Å². The molecule has 7 aliphatic heterocycles. The molecule has 0 aromatic carbocycles. The quantitative estimate of drug-likeness (QED) is 0.0427. The molecule has 41 nitrogen and oxygen atoms in total. The maximum atomic E-state index is 13.6. The fourth-order valence-corrected chi connectivity index (χ4v) is 11.5. The summed E-state index contributed by atoms with van der Waals surface area (Å²) in [5, 5.41) is 254. The van der Waals surface area contributed by atoms with Crippen LogP contribution in [0.15, 0.2) is 0 Å². The van der Waals surface area contributed by atoms with E-state index in [0.717, 1.165) is 13.8 Å². The summed E-state index contributed by atoms with van der Waals surface area (Å²) in [6.07, 6.45) is -71.9. The van der Waals surface area contributed by atoms with E-state index in [1.165, 1.54) is 0 Å². The third kappa shape index (κ3) is 15.6. The van der Waals surface area contributed by atoms with Crippen molar-refractivity contribution in [1.82, 2.24) is 10.6 Å². The Kier molecular flexibility index (Phi) is 26.2. The topological polar surface area (TPSA) is 661 Å². The van der Waals surface area contributed by atoms with Crippen LogP contribution in [-0.2, 0) is 76.0 Å². The average Bonchev–Trinajstić information content (AvgIpc) is 0.775. The normalized spacial score (nSPS) is 48.5. The van der Waals surface area contributed by atoms with Gasteiger partial charge in [0.25, 0.3) is 5.79 Å². The van der Waals surface area contributed by atoms with Crippen molar-refractivity contribution < 1.29 is 193 Å². The molecule has 0 aliphatic carbocycles. The van der Waals surface area contributed by atoms with Crippen molar-refractivity contribution in [2.24, 2.45) is 0 Å². The maximum absolute atomic E-state index is 13.6. The van der Waals surface area contributed by atoms with E-state index in [1.807, 2.05) is 0 Å². The van der Waals surface area contributed by atoms with Gasteiger partial charge in [0, 0.05) is 20.3 Å². The van der Waals surface area contributed by atoms with Crippen molar-refractivity contribution >= 4 is 17.8 Å². The van der Waals surface area contributed by atoms with Crippen LogP contribution in [0, 0.1) is 0 Å². The molecule has 7 heterocycles. The third-order valence-corrected chi connectivity index (χ3v) is 16.3. The zero-order valence-electron chi connectivity index (χ0n) is 47.7. The number of rotatable bonds is 24. The predicted octanol–water partition coefficient (Wildman–Crippen LogP) is -16.8. The van der Waals surface area contributed by atoms with Gasteiger partial charge in [-0.3, -0.25) is 9.59 Å². The number of carbonyl (C=O) groups is 3. The highest BCUT2D eigenvalue weighted by molar-refractivity contribution is 5.76. The lowest BCUT2D eigenvalue weighted by Gasteiger charge is -2.53. The van der Waals surface area contributed by atoms with Gasteiger partial charge in [-0.05, 0) is 0 Å². The molecule has 7 saturated heterocycles. The zero-order valence-corrected chi connectivity index (χ0v) is 47.7. The van der Waals surface area contributed by atoms with Gasteiger partial charge >= 0.3 is 5.97 Å². The molecule has 7 rings (SSSR count). The molecule has 90 heavy (non-hydrogen) atoms. The molecule has 0 unspecified atom stereocenters. The summed E-state index contributed by atoms with van der Waals surface area (Å²) < 4.78 is 74.9. The molecule has 0 saturated carbocycles. The first-order chi connectivity index (χ1) is 42.5. The second kappa shape index (κ2) is 31.7. The number of carboxylic acid groups (broad SMARTS) is 1. The molecule has 7 aliphatic rings. The van der Waals surface area contributed by atoms with Gasteiger partial charge in [0.1, 0.15) is 165 Å². The lowest BCUT2D eigenvalue weighted by molar-refractivity contribution is -0.404. The van der Waals surface area contributed by atoms with E-state index in [4.69, 9.17) is 61.6 Å². The molecule has 25 N–H and O–H groups in total. The summed E-state index contributed by atoms with van der Waals surface area (Å²) in [5.74, 6) is -7.57. The number of carbonyl (C=O) groups excluding carboxylic acids is 2. The summed E-state index contributed by atoms with van der Waals surface area (Å²) >= 11 is 0. The number of aliphatic hydroxyl groups is 22. The molecule has 522 valence electrons. The van der Waals surface area contributed by atoms with Crippen LogP contribution in [0.2, 0.25) is 0 Å². The smallest absolute Gasteiger partial charge is 0.364 e. The number of carboxylic acids is 1. The Hall–Kier alpha value is -2.99. The van der Waals surface area contributed by atoms with Gasteiger partial charge in [0.15, 0.2) is 37.7 Å². The minimum Gasteiger partial charge on any atom is -0.477 e. The highest BCUT2D eigenvalue weighted by atomic mass is 16.8. The Morgan fingerprint density at radius 1 is 0.433 bits per heavy atom. The van der Waals surface area contributed by atoms with Gasteiger partial charge in [0.2, 0.25) is 11.8 Å². The Morgan fingerprint density at radius 2 is 0.822 bits per heavy atom. The summed E-state index contributed by atoms with van der Waals surface area (Å²) in [6, 6.07) is -3.87. The molecule has 7 fully saturated rings. The number of hydrogen-bond acceptors (Lipinski definition) is 38. The number of hydrogen-bond donors (Lipinski definition) is 25. The van der Waals surface area contributed by atoms with Crippen molar-refractivity contribution in [2.75, 3.05) is 46.2 Å². The highest BCUT2D eigenvalue weighted by Crippen LogP contribution is 2.42. The van der Waals surface area contributed by atoms with Crippen LogP contribution in [0.1, 0.15) is 20.3 Å². The van der Waals surface area contributed by atoms with Crippen molar-refractivity contribution in [3.63, 3.8) is 0 Å². The molecule has 0 spiro atoms.